The first-order chi connectivity index (χ1) is 14.1. The van der Waals surface area contributed by atoms with Crippen molar-refractivity contribution in [3.63, 3.8) is 0 Å². The Balaban J connectivity index is 1.50. The molecule has 1 fully saturated rings. The molecule has 3 rings (SSSR count). The molecule has 0 N–H and O–H groups in total. The topological polar surface area (TPSA) is 9.23 Å². The number of hydrogen-bond acceptors (Lipinski definition) is 1. The molecule has 4 heteroatoms. The van der Waals surface area contributed by atoms with Gasteiger partial charge in [0, 0.05) is 5.56 Å². The van der Waals surface area contributed by atoms with Gasteiger partial charge in [-0.15, -0.1) is 0 Å². The molecule has 0 atom stereocenters. The van der Waals surface area contributed by atoms with Crippen molar-refractivity contribution < 1.29 is 17.9 Å². The highest BCUT2D eigenvalue weighted by molar-refractivity contribution is 5.65. The molecule has 0 radical (unpaired) electrons. The van der Waals surface area contributed by atoms with Crippen LogP contribution in [0, 0.1) is 29.3 Å². The summed E-state index contributed by atoms with van der Waals surface area (Å²) in [6.45, 7) is 2.66. The lowest BCUT2D eigenvalue weighted by atomic mass is 9.80. The molecule has 2 aromatic carbocycles. The molecule has 1 saturated carbocycles. The average Bonchev–Trinajstić information content (AvgIpc) is 2.74. The van der Waals surface area contributed by atoms with Gasteiger partial charge in [-0.2, -0.15) is 4.39 Å². The van der Waals surface area contributed by atoms with Crippen LogP contribution in [-0.2, 0) is 0 Å². The first kappa shape index (κ1) is 21.7. The van der Waals surface area contributed by atoms with Crippen LogP contribution in [0.15, 0.2) is 36.4 Å². The third kappa shape index (κ3) is 6.01. The van der Waals surface area contributed by atoms with Gasteiger partial charge in [0.05, 0.1) is 6.61 Å². The highest BCUT2D eigenvalue weighted by Crippen LogP contribution is 2.34. The van der Waals surface area contributed by atoms with Gasteiger partial charge in [0.15, 0.2) is 11.6 Å². The minimum absolute atomic E-state index is 0.0462. The van der Waals surface area contributed by atoms with Gasteiger partial charge < -0.3 is 4.74 Å². The second-order valence-corrected chi connectivity index (χ2v) is 8.29. The van der Waals surface area contributed by atoms with E-state index < -0.39 is 17.5 Å². The number of hydrogen-bond donors (Lipinski definition) is 0. The van der Waals surface area contributed by atoms with Crippen LogP contribution in [0.1, 0.15) is 64.7 Å². The lowest BCUT2D eigenvalue weighted by Crippen LogP contribution is -2.20. The number of benzene rings is 2. The fourth-order valence-electron chi connectivity index (χ4n) is 4.25. The monoisotopic (exact) mass is 404 g/mol. The summed E-state index contributed by atoms with van der Waals surface area (Å²) in [4.78, 5) is 0. The summed E-state index contributed by atoms with van der Waals surface area (Å²) in [5, 5.41) is 0. The normalized spacial score (nSPS) is 19.3. The van der Waals surface area contributed by atoms with Crippen LogP contribution in [-0.4, -0.2) is 6.61 Å². The summed E-state index contributed by atoms with van der Waals surface area (Å²) in [6.07, 6.45) is 11.2. The molecule has 1 aliphatic rings. The maximum Gasteiger partial charge on any atom is 0.201 e. The Morgan fingerprint density at radius 2 is 1.48 bits per heavy atom. The van der Waals surface area contributed by atoms with Crippen LogP contribution >= 0.6 is 0 Å². The largest absolute Gasteiger partial charge is 0.490 e. The number of ether oxygens (including phenoxy) is 1. The number of unbranched alkanes of at least 4 members (excludes halogenated alkanes) is 3. The predicted octanol–water partition coefficient (Wildman–Crippen LogP) is 7.93. The number of halogens is 3. The van der Waals surface area contributed by atoms with Gasteiger partial charge in [-0.05, 0) is 54.5 Å². The molecular weight excluding hydrogens is 373 g/mol. The van der Waals surface area contributed by atoms with E-state index in [1.54, 1.807) is 0 Å². The van der Waals surface area contributed by atoms with E-state index >= 15 is 0 Å². The first-order valence-electron chi connectivity index (χ1n) is 10.9. The summed E-state index contributed by atoms with van der Waals surface area (Å²) in [6, 6.07) is 8.31. The van der Waals surface area contributed by atoms with Crippen molar-refractivity contribution >= 4 is 0 Å². The second-order valence-electron chi connectivity index (χ2n) is 8.29. The maximum atomic E-state index is 14.5. The average molecular weight is 405 g/mol. The molecule has 1 aliphatic carbocycles. The van der Waals surface area contributed by atoms with Crippen LogP contribution in [0.5, 0.6) is 5.75 Å². The van der Waals surface area contributed by atoms with E-state index in [4.69, 9.17) is 4.74 Å². The fourth-order valence-corrected chi connectivity index (χ4v) is 4.25. The molecule has 0 unspecified atom stereocenters. The SMILES string of the molecule is CCCCCC[C@H]1CC[C@H](COc2ccc(-c3ccc(F)cc3)c(F)c2F)CC1. The third-order valence-corrected chi connectivity index (χ3v) is 6.11. The second kappa shape index (κ2) is 10.7. The van der Waals surface area contributed by atoms with Gasteiger partial charge in [0.25, 0.3) is 0 Å². The van der Waals surface area contributed by atoms with Crippen molar-refractivity contribution in [3.8, 4) is 16.9 Å². The minimum atomic E-state index is -0.976. The van der Waals surface area contributed by atoms with Crippen molar-refractivity contribution in [2.45, 2.75) is 64.7 Å². The summed E-state index contributed by atoms with van der Waals surface area (Å²) in [5.41, 5.74) is 0.546. The lowest BCUT2D eigenvalue weighted by Gasteiger charge is -2.28. The highest BCUT2D eigenvalue weighted by Gasteiger charge is 2.22. The van der Waals surface area contributed by atoms with Gasteiger partial charge in [0.1, 0.15) is 5.82 Å². The quantitative estimate of drug-likeness (QED) is 0.386. The van der Waals surface area contributed by atoms with Gasteiger partial charge >= 0.3 is 0 Å². The standard InChI is InChI=1S/C25H31F3O/c1-2-3-4-5-6-18-7-9-19(10-8-18)17-29-23-16-15-22(24(27)25(23)28)20-11-13-21(26)14-12-20/h11-16,18-19H,2-10,17H2,1H3/t18-,19-. The molecule has 0 amide bonds. The van der Waals surface area contributed by atoms with Gasteiger partial charge in [0.2, 0.25) is 5.82 Å². The van der Waals surface area contributed by atoms with Gasteiger partial charge in [-0.1, -0.05) is 64.0 Å². The molecule has 158 valence electrons. The highest BCUT2D eigenvalue weighted by atomic mass is 19.2. The molecule has 0 aliphatic heterocycles. The summed E-state index contributed by atoms with van der Waals surface area (Å²) in [5.74, 6) is -1.17. The molecule has 1 nitrogen and oxygen atoms in total. The Morgan fingerprint density at radius 1 is 0.793 bits per heavy atom. The molecule has 0 heterocycles. The van der Waals surface area contributed by atoms with E-state index in [9.17, 15) is 13.2 Å². The van der Waals surface area contributed by atoms with Crippen molar-refractivity contribution in [2.75, 3.05) is 6.61 Å². The van der Waals surface area contributed by atoms with E-state index in [1.165, 1.54) is 81.3 Å². The van der Waals surface area contributed by atoms with Gasteiger partial charge in [-0.3, -0.25) is 0 Å². The summed E-state index contributed by atoms with van der Waals surface area (Å²) >= 11 is 0. The molecule has 2 aromatic rings. The van der Waals surface area contributed by atoms with Crippen LogP contribution in [0.25, 0.3) is 11.1 Å². The van der Waals surface area contributed by atoms with E-state index in [0.29, 0.717) is 18.1 Å². The Hall–Kier alpha value is -1.97. The molecule has 0 saturated heterocycles. The van der Waals surface area contributed by atoms with E-state index in [2.05, 4.69) is 6.92 Å². The molecule has 0 bridgehead atoms. The smallest absolute Gasteiger partial charge is 0.201 e. The van der Waals surface area contributed by atoms with E-state index in [1.807, 2.05) is 0 Å². The fraction of sp³-hybridized carbons (Fsp3) is 0.520. The summed E-state index contributed by atoms with van der Waals surface area (Å²) in [7, 11) is 0. The summed E-state index contributed by atoms with van der Waals surface area (Å²) < 4.78 is 47.7. The Morgan fingerprint density at radius 3 is 2.17 bits per heavy atom. The van der Waals surface area contributed by atoms with Crippen molar-refractivity contribution in [3.05, 3.63) is 53.8 Å². The van der Waals surface area contributed by atoms with Crippen LogP contribution < -0.4 is 4.74 Å². The first-order valence-corrected chi connectivity index (χ1v) is 10.9. The zero-order valence-corrected chi connectivity index (χ0v) is 17.2. The van der Waals surface area contributed by atoms with Crippen LogP contribution in [0.2, 0.25) is 0 Å². The zero-order valence-electron chi connectivity index (χ0n) is 17.2. The van der Waals surface area contributed by atoms with Crippen molar-refractivity contribution in [1.82, 2.24) is 0 Å². The zero-order chi connectivity index (χ0) is 20.6. The van der Waals surface area contributed by atoms with Crippen molar-refractivity contribution in [2.24, 2.45) is 11.8 Å². The third-order valence-electron chi connectivity index (χ3n) is 6.11. The van der Waals surface area contributed by atoms with E-state index in [-0.39, 0.29) is 11.3 Å². The maximum absolute atomic E-state index is 14.5. The van der Waals surface area contributed by atoms with Crippen LogP contribution in [0.3, 0.4) is 0 Å². The molecule has 0 spiro atoms. The number of rotatable bonds is 9. The molecule has 0 aromatic heterocycles. The Bertz CT molecular complexity index is 764. The predicted molar refractivity (Wildman–Crippen MR) is 111 cm³/mol. The lowest BCUT2D eigenvalue weighted by molar-refractivity contribution is 0.172. The van der Waals surface area contributed by atoms with E-state index in [0.717, 1.165) is 18.8 Å². The Labute approximate surface area is 172 Å². The molecule has 29 heavy (non-hydrogen) atoms. The molecular formula is C25H31F3O. The van der Waals surface area contributed by atoms with Gasteiger partial charge in [-0.25, -0.2) is 8.78 Å². The van der Waals surface area contributed by atoms with Crippen molar-refractivity contribution in [1.29, 1.82) is 0 Å². The Kier molecular flexibility index (Phi) is 8.02. The minimum Gasteiger partial charge on any atom is -0.490 e. The van der Waals surface area contributed by atoms with Crippen LogP contribution in [0.4, 0.5) is 13.2 Å².